The molecule has 1 fully saturated rings. The molecule has 1 saturated heterocycles. The topological polar surface area (TPSA) is 24.5 Å². The molecule has 0 aliphatic carbocycles. The lowest BCUT2D eigenvalue weighted by Crippen LogP contribution is -2.42. The minimum Gasteiger partial charge on any atom is -0.376 e. The highest BCUT2D eigenvalue weighted by Crippen LogP contribution is 2.12. The summed E-state index contributed by atoms with van der Waals surface area (Å²) in [5.74, 6) is 0. The van der Waals surface area contributed by atoms with Crippen molar-refractivity contribution in [2.45, 2.75) is 65.0 Å². The number of hydrogen-bond donors (Lipinski definition) is 1. The molecule has 1 N–H and O–H groups in total. The van der Waals surface area contributed by atoms with E-state index in [1.807, 2.05) is 0 Å². The van der Waals surface area contributed by atoms with Crippen molar-refractivity contribution >= 4 is 0 Å². The van der Waals surface area contributed by atoms with Gasteiger partial charge in [0, 0.05) is 19.1 Å². The minimum absolute atomic E-state index is 0.489. The Balaban J connectivity index is 1.98. The molecule has 1 rings (SSSR count). The fourth-order valence-electron chi connectivity index (χ4n) is 2.54. The van der Waals surface area contributed by atoms with E-state index in [2.05, 4.69) is 31.0 Å². The molecule has 1 heterocycles. The molecule has 18 heavy (non-hydrogen) atoms. The van der Waals surface area contributed by atoms with Crippen LogP contribution in [0.5, 0.6) is 0 Å². The molecule has 0 aromatic carbocycles. The van der Waals surface area contributed by atoms with Crippen LogP contribution in [0.3, 0.4) is 0 Å². The third-order valence-corrected chi connectivity index (χ3v) is 3.52. The first-order chi connectivity index (χ1) is 8.72. The Morgan fingerprint density at radius 3 is 2.83 bits per heavy atom. The molecular formula is C15H32N2O. The van der Waals surface area contributed by atoms with Crippen molar-refractivity contribution in [2.75, 3.05) is 32.8 Å². The summed E-state index contributed by atoms with van der Waals surface area (Å²) in [6.07, 6.45) is 6.92. The van der Waals surface area contributed by atoms with E-state index in [0.29, 0.717) is 12.1 Å². The van der Waals surface area contributed by atoms with Crippen LogP contribution in [-0.2, 0) is 4.74 Å². The van der Waals surface area contributed by atoms with Crippen LogP contribution in [0.1, 0.15) is 52.9 Å². The SMILES string of the molecule is CCCN1CCOC(CCCCCNC(C)C)C1. The number of ether oxygens (including phenoxy) is 1. The highest BCUT2D eigenvalue weighted by Gasteiger charge is 2.18. The predicted molar refractivity (Wildman–Crippen MR) is 78.1 cm³/mol. The Hall–Kier alpha value is -0.120. The average Bonchev–Trinajstić information content (AvgIpc) is 2.34. The van der Waals surface area contributed by atoms with Crippen molar-refractivity contribution in [3.8, 4) is 0 Å². The zero-order valence-corrected chi connectivity index (χ0v) is 12.6. The zero-order valence-electron chi connectivity index (χ0n) is 12.6. The highest BCUT2D eigenvalue weighted by atomic mass is 16.5. The summed E-state index contributed by atoms with van der Waals surface area (Å²) in [7, 11) is 0. The molecule has 0 radical (unpaired) electrons. The molecule has 0 saturated carbocycles. The first-order valence-electron chi connectivity index (χ1n) is 7.79. The largest absolute Gasteiger partial charge is 0.376 e. The summed E-state index contributed by atoms with van der Waals surface area (Å²) >= 11 is 0. The number of rotatable bonds is 9. The Labute approximate surface area is 113 Å². The van der Waals surface area contributed by atoms with Gasteiger partial charge in [-0.25, -0.2) is 0 Å². The maximum absolute atomic E-state index is 5.84. The van der Waals surface area contributed by atoms with Crippen molar-refractivity contribution in [3.63, 3.8) is 0 Å². The molecule has 0 bridgehead atoms. The van der Waals surface area contributed by atoms with Gasteiger partial charge in [0.05, 0.1) is 12.7 Å². The summed E-state index contributed by atoms with van der Waals surface area (Å²) in [5, 5.41) is 3.47. The van der Waals surface area contributed by atoms with Crippen molar-refractivity contribution in [1.29, 1.82) is 0 Å². The monoisotopic (exact) mass is 256 g/mol. The summed E-state index contributed by atoms with van der Waals surface area (Å²) in [5.41, 5.74) is 0. The van der Waals surface area contributed by atoms with Crippen LogP contribution in [0.25, 0.3) is 0 Å². The van der Waals surface area contributed by atoms with Gasteiger partial charge in [-0.3, -0.25) is 4.90 Å². The molecule has 108 valence electrons. The van der Waals surface area contributed by atoms with Gasteiger partial charge in [0.1, 0.15) is 0 Å². The lowest BCUT2D eigenvalue weighted by Gasteiger charge is -2.32. The van der Waals surface area contributed by atoms with Gasteiger partial charge in [0.2, 0.25) is 0 Å². The molecular weight excluding hydrogens is 224 g/mol. The van der Waals surface area contributed by atoms with E-state index < -0.39 is 0 Å². The second-order valence-corrected chi connectivity index (χ2v) is 5.75. The Morgan fingerprint density at radius 1 is 1.28 bits per heavy atom. The van der Waals surface area contributed by atoms with Gasteiger partial charge < -0.3 is 10.1 Å². The summed E-state index contributed by atoms with van der Waals surface area (Å²) in [4.78, 5) is 2.55. The minimum atomic E-state index is 0.489. The normalized spacial score (nSPS) is 21.7. The number of nitrogens with one attached hydrogen (secondary N) is 1. The lowest BCUT2D eigenvalue weighted by molar-refractivity contribution is -0.0328. The maximum atomic E-state index is 5.84. The summed E-state index contributed by atoms with van der Waals surface area (Å²) in [6, 6.07) is 0.620. The van der Waals surface area contributed by atoms with Gasteiger partial charge in [-0.1, -0.05) is 33.6 Å². The van der Waals surface area contributed by atoms with Crippen LogP contribution >= 0.6 is 0 Å². The number of unbranched alkanes of at least 4 members (excludes halogenated alkanes) is 2. The van der Waals surface area contributed by atoms with Crippen LogP contribution in [0.4, 0.5) is 0 Å². The first-order valence-corrected chi connectivity index (χ1v) is 7.79. The summed E-state index contributed by atoms with van der Waals surface area (Å²) < 4.78 is 5.84. The van der Waals surface area contributed by atoms with E-state index in [1.54, 1.807) is 0 Å². The van der Waals surface area contributed by atoms with Crippen LogP contribution in [0.15, 0.2) is 0 Å². The Morgan fingerprint density at radius 2 is 2.11 bits per heavy atom. The lowest BCUT2D eigenvalue weighted by atomic mass is 10.1. The second-order valence-electron chi connectivity index (χ2n) is 5.75. The van der Waals surface area contributed by atoms with Crippen molar-refractivity contribution in [3.05, 3.63) is 0 Å². The summed E-state index contributed by atoms with van der Waals surface area (Å²) in [6.45, 7) is 12.3. The number of hydrogen-bond acceptors (Lipinski definition) is 3. The van der Waals surface area contributed by atoms with Crippen molar-refractivity contribution in [2.24, 2.45) is 0 Å². The molecule has 3 heteroatoms. The molecule has 1 aliphatic rings. The Kier molecular flexibility index (Phi) is 8.64. The Bertz CT molecular complexity index is 195. The fourth-order valence-corrected chi connectivity index (χ4v) is 2.54. The van der Waals surface area contributed by atoms with Gasteiger partial charge in [-0.2, -0.15) is 0 Å². The molecule has 3 nitrogen and oxygen atoms in total. The van der Waals surface area contributed by atoms with E-state index in [-0.39, 0.29) is 0 Å². The second kappa shape index (κ2) is 9.76. The van der Waals surface area contributed by atoms with E-state index in [1.165, 1.54) is 38.6 Å². The average molecular weight is 256 g/mol. The third kappa shape index (κ3) is 7.34. The van der Waals surface area contributed by atoms with Crippen LogP contribution < -0.4 is 5.32 Å². The zero-order chi connectivity index (χ0) is 13.2. The molecule has 1 atom stereocenters. The molecule has 0 aromatic heterocycles. The molecule has 0 amide bonds. The van der Waals surface area contributed by atoms with E-state index in [4.69, 9.17) is 4.74 Å². The van der Waals surface area contributed by atoms with Crippen molar-refractivity contribution < 1.29 is 4.74 Å². The van der Waals surface area contributed by atoms with Gasteiger partial charge in [0.15, 0.2) is 0 Å². The van der Waals surface area contributed by atoms with Crippen molar-refractivity contribution in [1.82, 2.24) is 10.2 Å². The van der Waals surface area contributed by atoms with Gasteiger partial charge in [-0.15, -0.1) is 0 Å². The van der Waals surface area contributed by atoms with Crippen LogP contribution in [0.2, 0.25) is 0 Å². The van der Waals surface area contributed by atoms with Crippen LogP contribution in [-0.4, -0.2) is 49.8 Å². The molecule has 1 unspecified atom stereocenters. The molecule has 0 aromatic rings. The maximum Gasteiger partial charge on any atom is 0.0702 e. The smallest absolute Gasteiger partial charge is 0.0702 e. The quantitative estimate of drug-likeness (QED) is 0.642. The van der Waals surface area contributed by atoms with Gasteiger partial charge in [-0.05, 0) is 32.4 Å². The van der Waals surface area contributed by atoms with E-state index in [0.717, 1.165) is 26.2 Å². The fraction of sp³-hybridized carbons (Fsp3) is 1.00. The molecule has 0 spiro atoms. The first kappa shape index (κ1) is 15.9. The number of morpholine rings is 1. The predicted octanol–water partition coefficient (Wildman–Crippen LogP) is 2.66. The van der Waals surface area contributed by atoms with Gasteiger partial charge in [0.25, 0.3) is 0 Å². The molecule has 1 aliphatic heterocycles. The van der Waals surface area contributed by atoms with E-state index in [9.17, 15) is 0 Å². The highest BCUT2D eigenvalue weighted by molar-refractivity contribution is 4.71. The third-order valence-electron chi connectivity index (χ3n) is 3.52. The van der Waals surface area contributed by atoms with Gasteiger partial charge >= 0.3 is 0 Å². The standard InChI is InChI=1S/C15H32N2O/c1-4-10-17-11-12-18-15(13-17)8-6-5-7-9-16-14(2)3/h14-16H,4-13H2,1-3H3. The van der Waals surface area contributed by atoms with E-state index >= 15 is 0 Å². The number of nitrogens with zero attached hydrogens (tertiary/aromatic N) is 1. The van der Waals surface area contributed by atoms with Crippen LogP contribution in [0, 0.1) is 0 Å².